The van der Waals surface area contributed by atoms with Gasteiger partial charge in [-0.1, -0.05) is 250 Å². The van der Waals surface area contributed by atoms with Gasteiger partial charge in [0.15, 0.2) is 0 Å². The second-order valence-electron chi connectivity index (χ2n) is 30.3. The maximum absolute atomic E-state index is 14.4. The van der Waals surface area contributed by atoms with Crippen molar-refractivity contribution in [3.63, 3.8) is 0 Å². The predicted molar refractivity (Wildman–Crippen MR) is 410 cm³/mol. The van der Waals surface area contributed by atoms with E-state index in [-0.39, 0.29) is 157 Å². The van der Waals surface area contributed by atoms with Gasteiger partial charge in [-0.3, -0.25) is 20.0 Å². The largest absolute Gasteiger partial charge is 2.00 e. The van der Waals surface area contributed by atoms with Gasteiger partial charge >= 0.3 is 34.1 Å². The summed E-state index contributed by atoms with van der Waals surface area (Å²) in [6.45, 7) is 38.0. The van der Waals surface area contributed by atoms with Crippen LogP contribution in [0.2, 0.25) is 0 Å². The van der Waals surface area contributed by atoms with Crippen molar-refractivity contribution in [2.45, 2.75) is 143 Å². The predicted octanol–water partition coefficient (Wildman–Crippen LogP) is 16.9. The summed E-state index contributed by atoms with van der Waals surface area (Å²) in [5, 5.41) is 57.8. The van der Waals surface area contributed by atoms with Crippen molar-refractivity contribution < 1.29 is 87.7 Å². The van der Waals surface area contributed by atoms with Gasteiger partial charge in [-0.15, -0.1) is 0 Å². The van der Waals surface area contributed by atoms with Crippen LogP contribution in [0.25, 0.3) is 0 Å². The molecule has 560 valence electrons. The van der Waals surface area contributed by atoms with Crippen LogP contribution < -0.4 is 39.4 Å². The molecule has 2 aliphatic heterocycles. The fraction of sp³-hybridized carbons (Fsp3) is 0.364. The summed E-state index contributed by atoms with van der Waals surface area (Å²) in [5.41, 5.74) is 10.1. The van der Waals surface area contributed by atoms with E-state index in [0.717, 1.165) is 35.5 Å². The third-order valence-corrected chi connectivity index (χ3v) is 17.6. The van der Waals surface area contributed by atoms with E-state index >= 15 is 0 Å². The molecule has 2 radical (unpaired) electrons. The number of allylic oxidation sites excluding steroid dienone is 2. The Labute approximate surface area is 643 Å². The smallest absolute Gasteiger partial charge is 0.872 e. The Kier molecular flexibility index (Phi) is 30.6. The Morgan fingerprint density at radius 3 is 0.705 bits per heavy atom. The van der Waals surface area contributed by atoms with Crippen LogP contribution in [0.5, 0.6) is 46.0 Å². The molecule has 8 aromatic rings. The van der Waals surface area contributed by atoms with Crippen molar-refractivity contribution in [2.24, 2.45) is 20.0 Å². The number of hydrogen-bond donors (Lipinski definition) is 0. The average molecular weight is 1520 g/mol. The van der Waals surface area contributed by atoms with Crippen molar-refractivity contribution in [2.75, 3.05) is 66.1 Å². The average Bonchev–Trinajstić information content (AvgIpc) is 0.948. The van der Waals surface area contributed by atoms with Crippen LogP contribution in [-0.2, 0) is 95.7 Å². The molecule has 10 rings (SSSR count). The molecule has 17 heteroatoms. The first-order valence-electron chi connectivity index (χ1n) is 35.6. The number of aliphatic imine (C=N–C) groups is 4. The number of benzene rings is 8. The van der Waals surface area contributed by atoms with E-state index in [1.54, 1.807) is 24.9 Å². The minimum Gasteiger partial charge on any atom is -0.872 e. The Morgan fingerprint density at radius 1 is 0.295 bits per heavy atom. The monoisotopic (exact) mass is 1510 g/mol. The fourth-order valence-corrected chi connectivity index (χ4v) is 11.6. The van der Waals surface area contributed by atoms with Gasteiger partial charge < -0.3 is 53.6 Å². The molecule has 0 atom stereocenters. The van der Waals surface area contributed by atoms with Crippen LogP contribution in [-0.4, -0.2) is 90.9 Å². The third kappa shape index (κ3) is 24.4. The topological polar surface area (TPSA) is 206 Å². The van der Waals surface area contributed by atoms with Crippen LogP contribution in [0.1, 0.15) is 163 Å². The van der Waals surface area contributed by atoms with E-state index < -0.39 is 0 Å². The molecule has 2 aliphatic rings. The second kappa shape index (κ2) is 38.5. The van der Waals surface area contributed by atoms with Crippen LogP contribution >= 0.6 is 0 Å². The maximum atomic E-state index is 14.4. The van der Waals surface area contributed by atoms with E-state index in [9.17, 15) is 20.4 Å². The van der Waals surface area contributed by atoms with Crippen LogP contribution in [0.3, 0.4) is 0 Å². The number of fused-ring (bicyclic) bond motifs is 12. The molecule has 0 aromatic heterocycles. The van der Waals surface area contributed by atoms with E-state index in [1.165, 1.54) is 12.8 Å². The molecule has 8 bridgehead atoms. The second-order valence-corrected chi connectivity index (χ2v) is 30.3. The molecule has 1 saturated heterocycles. The first kappa shape index (κ1) is 83.5. The standard InChI is InChI=1S/C84H96N4O10.C4H8O.2Cu/c1-55-39-57-43-65(81(3,4)5)47-61(77(57)89)51-85-69-23-15-19-27-73(69)95-35-31-93-33-37-97-75-29-21-17-25-71(75)87-53-63-49-67(83(9,10)11)45-59(79(63)91)41-56(2)42-60-46-68(84(12,13)14)50-64(80(60)92)54-88-72-26-18-22-30-76(72)98-38-34-94-32-36-96-74-28-20-16-24-70(74)86-52-62-48-66(82(6,7)8)44-58(40-55)78(62)90;1-2-4-5-3-1;;/h15-30,43-54,89-92H,1-2,31-42H2,3-14H3;1-4H2;;/q;;2*+2/p-4. The number of nitrogens with zero attached hydrogens (tertiary/aromatic N) is 4. The minimum absolute atomic E-state index is 0. The Balaban J connectivity index is 0.00000211. The van der Waals surface area contributed by atoms with Crippen molar-refractivity contribution >= 4 is 47.6 Å². The molecule has 0 amide bonds. The van der Waals surface area contributed by atoms with Crippen LogP contribution in [0.15, 0.2) is 190 Å². The van der Waals surface area contributed by atoms with Gasteiger partial charge in [0.1, 0.15) is 72.2 Å². The summed E-state index contributed by atoms with van der Waals surface area (Å²) in [6, 6.07) is 44.9. The van der Waals surface area contributed by atoms with Crippen molar-refractivity contribution in [1.29, 1.82) is 0 Å². The number of hydrogen-bond acceptors (Lipinski definition) is 15. The van der Waals surface area contributed by atoms with Gasteiger partial charge in [0.05, 0.1) is 26.4 Å². The molecule has 105 heavy (non-hydrogen) atoms. The minimum atomic E-state index is -0.309. The van der Waals surface area contributed by atoms with Gasteiger partial charge in [0.25, 0.3) is 0 Å². The molecule has 0 unspecified atom stereocenters. The number of rotatable bonds is 0. The van der Waals surface area contributed by atoms with Gasteiger partial charge in [-0.25, -0.2) is 0 Å². The summed E-state index contributed by atoms with van der Waals surface area (Å²) in [5.74, 6) is 1.37. The summed E-state index contributed by atoms with van der Waals surface area (Å²) in [4.78, 5) is 19.2. The SMILES string of the molecule is C1CCOC1.C=C1Cc2cc(C(C)(C)C)cc(c2[O-])C=Nc2ccccc2OCCOCCOc2ccccc2N=Cc2cc(C(C)(C)C)cc(c2[O-])CC(=C)Cc2cc(C(C)(C)C)cc(c2[O-])C=Nc2ccccc2OCCOCCOc2ccccc2N=Cc2cc(C(C)(C)C)cc(c2[O-])C1.[Cu+2].[Cu+2]. The van der Waals surface area contributed by atoms with E-state index in [4.69, 9.17) is 53.1 Å². The summed E-state index contributed by atoms with van der Waals surface area (Å²) in [6.07, 6.45) is 9.91. The summed E-state index contributed by atoms with van der Waals surface area (Å²) in [7, 11) is 0. The molecule has 0 saturated carbocycles. The zero-order valence-electron chi connectivity index (χ0n) is 62.8. The maximum Gasteiger partial charge on any atom is 2.00 e. The molecule has 0 aliphatic carbocycles. The quantitative estimate of drug-likeness (QED) is 0.103. The fourth-order valence-electron chi connectivity index (χ4n) is 11.6. The zero-order valence-corrected chi connectivity index (χ0v) is 64.7. The molecule has 8 aromatic carbocycles. The Morgan fingerprint density at radius 2 is 0.505 bits per heavy atom. The van der Waals surface area contributed by atoms with Crippen LogP contribution in [0.4, 0.5) is 22.7 Å². The molecule has 1 fully saturated rings. The van der Waals surface area contributed by atoms with E-state index in [1.807, 2.05) is 146 Å². The first-order valence-corrected chi connectivity index (χ1v) is 35.6. The molecule has 2 heterocycles. The molecule has 0 N–H and O–H groups in total. The summed E-state index contributed by atoms with van der Waals surface area (Å²) >= 11 is 0. The Hall–Kier alpha value is -8.76. The van der Waals surface area contributed by atoms with Gasteiger partial charge in [-0.2, -0.15) is 0 Å². The normalized spacial score (nSPS) is 15.1. The van der Waals surface area contributed by atoms with Crippen molar-refractivity contribution in [1.82, 2.24) is 0 Å². The van der Waals surface area contributed by atoms with Gasteiger partial charge in [0, 0.05) is 38.1 Å². The molecular weight excluding hydrogens is 1420 g/mol. The van der Waals surface area contributed by atoms with E-state index in [0.29, 0.717) is 101 Å². The number of para-hydroxylation sites is 8. The summed E-state index contributed by atoms with van der Waals surface area (Å²) < 4.78 is 41.7. The molecular formula is C88H100Cu2N4O11. The zero-order chi connectivity index (χ0) is 73.9. The van der Waals surface area contributed by atoms with Gasteiger partial charge in [-0.05, 0) is 153 Å². The Bertz CT molecular complexity index is 3830. The van der Waals surface area contributed by atoms with Crippen molar-refractivity contribution in [3.05, 3.63) is 237 Å². The molecule has 15 nitrogen and oxygen atoms in total. The van der Waals surface area contributed by atoms with Gasteiger partial charge in [0.2, 0.25) is 0 Å². The third-order valence-electron chi connectivity index (χ3n) is 17.6. The number of ether oxygens (including phenoxy) is 7. The first-order chi connectivity index (χ1) is 49.1. The van der Waals surface area contributed by atoms with Crippen molar-refractivity contribution in [3.8, 4) is 46.0 Å². The van der Waals surface area contributed by atoms with Crippen LogP contribution in [0, 0.1) is 0 Å². The molecule has 0 spiro atoms. The van der Waals surface area contributed by atoms with E-state index in [2.05, 4.69) is 96.2 Å².